The summed E-state index contributed by atoms with van der Waals surface area (Å²) in [7, 11) is 4.91. The first kappa shape index (κ1) is 17.6. The van der Waals surface area contributed by atoms with Crippen molar-refractivity contribution >= 4 is 0 Å². The van der Waals surface area contributed by atoms with Crippen molar-refractivity contribution in [1.82, 2.24) is 10.2 Å². The molecule has 2 aromatic rings. The summed E-state index contributed by atoms with van der Waals surface area (Å²) in [5.41, 5.74) is 1.01. The van der Waals surface area contributed by atoms with Crippen LogP contribution in [0.25, 0.3) is 0 Å². The van der Waals surface area contributed by atoms with E-state index in [1.54, 1.807) is 27.6 Å². The quantitative estimate of drug-likeness (QED) is 0.868. The van der Waals surface area contributed by atoms with E-state index < -0.39 is 0 Å². The van der Waals surface area contributed by atoms with E-state index in [9.17, 15) is 0 Å². The summed E-state index contributed by atoms with van der Waals surface area (Å²) in [5.74, 6) is 2.83. The first-order chi connectivity index (χ1) is 12.3. The number of furan rings is 1. The van der Waals surface area contributed by atoms with Crippen molar-refractivity contribution in [2.45, 2.75) is 12.5 Å². The van der Waals surface area contributed by atoms with Crippen molar-refractivity contribution in [3.05, 3.63) is 41.9 Å². The fraction of sp³-hybridized carbons (Fsp3) is 0.474. The summed E-state index contributed by atoms with van der Waals surface area (Å²) in [6.07, 6.45) is 2.80. The van der Waals surface area contributed by atoms with E-state index in [1.165, 1.54) is 0 Å². The molecule has 0 saturated carbocycles. The molecule has 1 fully saturated rings. The van der Waals surface area contributed by atoms with E-state index in [0.717, 1.165) is 43.9 Å². The number of ether oxygens (including phenoxy) is 3. The Morgan fingerprint density at radius 2 is 1.84 bits per heavy atom. The third-order valence-electron chi connectivity index (χ3n) is 4.58. The Labute approximate surface area is 148 Å². The Hall–Kier alpha value is -2.18. The molecule has 0 bridgehead atoms. The lowest BCUT2D eigenvalue weighted by Gasteiger charge is -2.31. The lowest BCUT2D eigenvalue weighted by atomic mass is 10.00. The van der Waals surface area contributed by atoms with Gasteiger partial charge in [-0.25, -0.2) is 0 Å². The van der Waals surface area contributed by atoms with Gasteiger partial charge in [-0.2, -0.15) is 0 Å². The number of nitrogens with one attached hydrogen (secondary N) is 1. The highest BCUT2D eigenvalue weighted by molar-refractivity contribution is 5.57. The molecule has 1 atom stereocenters. The fourth-order valence-corrected chi connectivity index (χ4v) is 3.44. The summed E-state index contributed by atoms with van der Waals surface area (Å²) in [5, 5.41) is 3.45. The molecular weight excluding hydrogens is 320 g/mol. The molecule has 2 heterocycles. The van der Waals surface area contributed by atoms with Gasteiger partial charge in [0, 0.05) is 25.2 Å². The SMILES string of the molecule is COc1ccc(C(c2ccco2)N2CCCNCC2)c(OC)c1OC. The Morgan fingerprint density at radius 1 is 1.00 bits per heavy atom. The van der Waals surface area contributed by atoms with Crippen LogP contribution in [0.4, 0.5) is 0 Å². The van der Waals surface area contributed by atoms with Gasteiger partial charge in [0.05, 0.1) is 33.6 Å². The third-order valence-corrected chi connectivity index (χ3v) is 4.58. The first-order valence-corrected chi connectivity index (χ1v) is 8.57. The van der Waals surface area contributed by atoms with Crippen molar-refractivity contribution in [2.75, 3.05) is 47.5 Å². The Balaban J connectivity index is 2.09. The molecule has 1 aliphatic rings. The molecule has 1 aromatic carbocycles. The molecule has 1 saturated heterocycles. The topological polar surface area (TPSA) is 56.1 Å². The van der Waals surface area contributed by atoms with Gasteiger partial charge >= 0.3 is 0 Å². The van der Waals surface area contributed by atoms with Gasteiger partial charge in [-0.3, -0.25) is 4.90 Å². The van der Waals surface area contributed by atoms with Gasteiger partial charge in [0.1, 0.15) is 5.76 Å². The lowest BCUT2D eigenvalue weighted by Crippen LogP contribution is -2.33. The maximum Gasteiger partial charge on any atom is 0.203 e. The molecule has 1 N–H and O–H groups in total. The van der Waals surface area contributed by atoms with E-state index in [2.05, 4.69) is 10.2 Å². The van der Waals surface area contributed by atoms with Crippen LogP contribution < -0.4 is 19.5 Å². The monoisotopic (exact) mass is 346 g/mol. The van der Waals surface area contributed by atoms with Gasteiger partial charge in [-0.1, -0.05) is 0 Å². The van der Waals surface area contributed by atoms with E-state index in [1.807, 2.05) is 24.3 Å². The highest BCUT2D eigenvalue weighted by Crippen LogP contribution is 2.45. The van der Waals surface area contributed by atoms with E-state index in [4.69, 9.17) is 18.6 Å². The Morgan fingerprint density at radius 3 is 2.52 bits per heavy atom. The van der Waals surface area contributed by atoms with E-state index in [0.29, 0.717) is 17.2 Å². The summed E-state index contributed by atoms with van der Waals surface area (Å²) in [6, 6.07) is 7.85. The van der Waals surface area contributed by atoms with Crippen molar-refractivity contribution in [3.63, 3.8) is 0 Å². The average Bonchev–Trinajstić information content (AvgIpc) is 3.04. The predicted molar refractivity (Wildman–Crippen MR) is 95.7 cm³/mol. The first-order valence-electron chi connectivity index (χ1n) is 8.57. The lowest BCUT2D eigenvalue weighted by molar-refractivity contribution is 0.210. The van der Waals surface area contributed by atoms with Crippen LogP contribution in [-0.2, 0) is 0 Å². The van der Waals surface area contributed by atoms with Crippen LogP contribution in [0.5, 0.6) is 17.2 Å². The number of hydrogen-bond acceptors (Lipinski definition) is 6. The zero-order valence-corrected chi connectivity index (χ0v) is 15.1. The molecule has 0 spiro atoms. The van der Waals surface area contributed by atoms with Crippen LogP contribution in [0.3, 0.4) is 0 Å². The smallest absolute Gasteiger partial charge is 0.203 e. The second kappa shape index (κ2) is 8.27. The summed E-state index contributed by atoms with van der Waals surface area (Å²) in [6.45, 7) is 3.90. The van der Waals surface area contributed by atoms with Gasteiger partial charge in [0.2, 0.25) is 5.75 Å². The van der Waals surface area contributed by atoms with Crippen molar-refractivity contribution < 1.29 is 18.6 Å². The zero-order chi connectivity index (χ0) is 17.6. The van der Waals surface area contributed by atoms with Crippen LogP contribution in [-0.4, -0.2) is 52.4 Å². The van der Waals surface area contributed by atoms with Crippen LogP contribution in [0.1, 0.15) is 23.8 Å². The van der Waals surface area contributed by atoms with Crippen LogP contribution in [0.2, 0.25) is 0 Å². The molecule has 1 unspecified atom stereocenters. The Bertz CT molecular complexity index is 664. The molecule has 136 valence electrons. The van der Waals surface area contributed by atoms with Gasteiger partial charge in [-0.15, -0.1) is 0 Å². The molecule has 3 rings (SSSR count). The van der Waals surface area contributed by atoms with Crippen LogP contribution >= 0.6 is 0 Å². The standard InChI is InChI=1S/C19H26N2O4/c1-22-16-8-7-14(18(23-2)19(16)24-3)17(15-6-4-13-25-15)21-11-5-9-20-10-12-21/h4,6-8,13,17,20H,5,9-12H2,1-3H3. The van der Waals surface area contributed by atoms with Crippen LogP contribution in [0.15, 0.2) is 34.9 Å². The minimum absolute atomic E-state index is 0.0374. The molecule has 25 heavy (non-hydrogen) atoms. The second-order valence-corrected chi connectivity index (χ2v) is 5.98. The molecule has 6 heteroatoms. The molecule has 0 amide bonds. The maximum absolute atomic E-state index is 5.78. The zero-order valence-electron chi connectivity index (χ0n) is 15.1. The normalized spacial score (nSPS) is 16.9. The second-order valence-electron chi connectivity index (χ2n) is 5.98. The number of nitrogens with zero attached hydrogens (tertiary/aromatic N) is 1. The van der Waals surface area contributed by atoms with Crippen molar-refractivity contribution in [1.29, 1.82) is 0 Å². The van der Waals surface area contributed by atoms with Crippen LogP contribution in [0, 0.1) is 0 Å². The highest BCUT2D eigenvalue weighted by Gasteiger charge is 2.30. The molecule has 0 radical (unpaired) electrons. The Kier molecular flexibility index (Phi) is 5.83. The molecular formula is C19H26N2O4. The minimum atomic E-state index is -0.0374. The molecule has 1 aliphatic heterocycles. The van der Waals surface area contributed by atoms with Crippen molar-refractivity contribution in [3.8, 4) is 17.2 Å². The maximum atomic E-state index is 5.78. The summed E-state index contributed by atoms with van der Waals surface area (Å²) < 4.78 is 22.5. The molecule has 6 nitrogen and oxygen atoms in total. The van der Waals surface area contributed by atoms with Gasteiger partial charge in [0.15, 0.2) is 11.5 Å². The average molecular weight is 346 g/mol. The van der Waals surface area contributed by atoms with E-state index >= 15 is 0 Å². The van der Waals surface area contributed by atoms with Gasteiger partial charge in [0.25, 0.3) is 0 Å². The van der Waals surface area contributed by atoms with Gasteiger partial charge < -0.3 is 23.9 Å². The summed E-state index contributed by atoms with van der Waals surface area (Å²) in [4.78, 5) is 2.42. The third kappa shape index (κ3) is 3.60. The van der Waals surface area contributed by atoms with Gasteiger partial charge in [-0.05, 0) is 37.2 Å². The van der Waals surface area contributed by atoms with Crippen molar-refractivity contribution in [2.24, 2.45) is 0 Å². The van der Waals surface area contributed by atoms with E-state index in [-0.39, 0.29) is 6.04 Å². The molecule has 0 aliphatic carbocycles. The number of benzene rings is 1. The fourth-order valence-electron chi connectivity index (χ4n) is 3.44. The largest absolute Gasteiger partial charge is 0.493 e. The minimum Gasteiger partial charge on any atom is -0.493 e. The number of hydrogen-bond donors (Lipinski definition) is 1. The summed E-state index contributed by atoms with van der Waals surface area (Å²) >= 11 is 0. The highest BCUT2D eigenvalue weighted by atomic mass is 16.5. The predicted octanol–water partition coefficient (Wildman–Crippen LogP) is 2.69. The molecule has 1 aromatic heterocycles. The number of rotatable bonds is 6. The number of methoxy groups -OCH3 is 3.